The van der Waals surface area contributed by atoms with Crippen LogP contribution in [0, 0.1) is 0 Å². The van der Waals surface area contributed by atoms with E-state index >= 15 is 0 Å². The molecule has 1 aromatic heterocycles. The van der Waals surface area contributed by atoms with Crippen LogP contribution >= 0.6 is 22.9 Å². The van der Waals surface area contributed by atoms with Gasteiger partial charge in [-0.3, -0.25) is 9.59 Å². The van der Waals surface area contributed by atoms with Crippen molar-refractivity contribution in [3.8, 4) is 0 Å². The first-order valence-corrected chi connectivity index (χ1v) is 12.3. The van der Waals surface area contributed by atoms with Crippen LogP contribution in [0.1, 0.15) is 46.4 Å². The third-order valence-corrected chi connectivity index (χ3v) is 7.02. The molecule has 1 aliphatic rings. The number of anilines is 2. The Balaban J connectivity index is 1.37. The molecule has 0 spiro atoms. The average Bonchev–Trinajstić information content (AvgIpc) is 3.33. The molecule has 1 saturated heterocycles. The summed E-state index contributed by atoms with van der Waals surface area (Å²) >= 11 is 8.04. The van der Waals surface area contributed by atoms with Gasteiger partial charge in [0.15, 0.2) is 0 Å². The molecule has 0 radical (unpaired) electrons. The van der Waals surface area contributed by atoms with E-state index in [-0.39, 0.29) is 17.2 Å². The molecular weight excluding hydrogens is 454 g/mol. The standard InChI is InChI=1S/C26H28ClN3O2S/c1-26(2,3)19-8-6-18(7-9-19)24(31)28-20-10-11-22(21(27)17-20)29-12-14-30(15-13-29)25(32)23-5-4-16-33-23/h4-11,16-17H,12-15H2,1-3H3,(H,28,31). The van der Waals surface area contributed by atoms with Crippen LogP contribution in [0.2, 0.25) is 5.02 Å². The molecule has 1 aliphatic heterocycles. The van der Waals surface area contributed by atoms with Crippen molar-refractivity contribution in [1.29, 1.82) is 0 Å². The number of amides is 2. The summed E-state index contributed by atoms with van der Waals surface area (Å²) in [7, 11) is 0. The van der Waals surface area contributed by atoms with E-state index in [9.17, 15) is 9.59 Å². The van der Waals surface area contributed by atoms with Gasteiger partial charge in [0.1, 0.15) is 0 Å². The molecule has 0 saturated carbocycles. The molecule has 1 N–H and O–H groups in total. The molecule has 1 fully saturated rings. The maximum Gasteiger partial charge on any atom is 0.264 e. The zero-order chi connectivity index (χ0) is 23.6. The lowest BCUT2D eigenvalue weighted by Gasteiger charge is -2.36. The van der Waals surface area contributed by atoms with Crippen LogP contribution in [-0.4, -0.2) is 42.9 Å². The van der Waals surface area contributed by atoms with Crippen LogP contribution in [0.5, 0.6) is 0 Å². The highest BCUT2D eigenvalue weighted by molar-refractivity contribution is 7.12. The highest BCUT2D eigenvalue weighted by Crippen LogP contribution is 2.30. The van der Waals surface area contributed by atoms with Gasteiger partial charge in [0.25, 0.3) is 11.8 Å². The number of hydrogen-bond donors (Lipinski definition) is 1. The number of halogens is 1. The second-order valence-corrected chi connectivity index (χ2v) is 10.6. The van der Waals surface area contributed by atoms with Crippen LogP contribution in [0.15, 0.2) is 60.0 Å². The first kappa shape index (κ1) is 23.3. The largest absolute Gasteiger partial charge is 0.367 e. The van der Waals surface area contributed by atoms with Gasteiger partial charge in [0.2, 0.25) is 0 Å². The van der Waals surface area contributed by atoms with Gasteiger partial charge < -0.3 is 15.1 Å². The molecule has 5 nitrogen and oxygen atoms in total. The molecule has 0 bridgehead atoms. The van der Waals surface area contributed by atoms with Gasteiger partial charge in [-0.05, 0) is 52.8 Å². The summed E-state index contributed by atoms with van der Waals surface area (Å²) in [5, 5.41) is 5.43. The summed E-state index contributed by atoms with van der Waals surface area (Å²) in [5.41, 5.74) is 3.40. The number of hydrogen-bond acceptors (Lipinski definition) is 4. The smallest absolute Gasteiger partial charge is 0.264 e. The topological polar surface area (TPSA) is 52.7 Å². The number of benzene rings is 2. The lowest BCUT2D eigenvalue weighted by atomic mass is 9.87. The van der Waals surface area contributed by atoms with E-state index in [1.54, 1.807) is 6.07 Å². The van der Waals surface area contributed by atoms with Crippen LogP contribution in [0.25, 0.3) is 0 Å². The maximum atomic E-state index is 12.7. The minimum absolute atomic E-state index is 0.0427. The summed E-state index contributed by atoms with van der Waals surface area (Å²) in [6.07, 6.45) is 0. The number of piperazine rings is 1. The third-order valence-electron chi connectivity index (χ3n) is 5.86. The Morgan fingerprint density at radius 3 is 2.24 bits per heavy atom. The maximum absolute atomic E-state index is 12.7. The fourth-order valence-corrected chi connectivity index (χ4v) is 4.86. The molecule has 0 aliphatic carbocycles. The Kier molecular flexibility index (Phi) is 6.77. The molecule has 4 rings (SSSR count). The van der Waals surface area contributed by atoms with Gasteiger partial charge >= 0.3 is 0 Å². The van der Waals surface area contributed by atoms with Crippen molar-refractivity contribution >= 4 is 46.1 Å². The number of rotatable bonds is 4. The van der Waals surface area contributed by atoms with E-state index in [2.05, 4.69) is 31.0 Å². The normalized spacial score (nSPS) is 14.3. The van der Waals surface area contributed by atoms with E-state index in [1.807, 2.05) is 58.8 Å². The Morgan fingerprint density at radius 1 is 0.970 bits per heavy atom. The number of nitrogens with zero attached hydrogens (tertiary/aromatic N) is 2. The SMILES string of the molecule is CC(C)(C)c1ccc(C(=O)Nc2ccc(N3CCN(C(=O)c4cccs4)CC3)c(Cl)c2)cc1. The van der Waals surface area contributed by atoms with Gasteiger partial charge in [-0.1, -0.05) is 50.6 Å². The van der Waals surface area contributed by atoms with Crippen LogP contribution in [0.4, 0.5) is 11.4 Å². The summed E-state index contributed by atoms with van der Waals surface area (Å²) in [4.78, 5) is 30.1. The average molecular weight is 482 g/mol. The minimum atomic E-state index is -0.167. The van der Waals surface area contributed by atoms with Crippen molar-refractivity contribution in [2.75, 3.05) is 36.4 Å². The number of carbonyl (C=O) groups excluding carboxylic acids is 2. The van der Waals surface area contributed by atoms with Gasteiger partial charge in [-0.25, -0.2) is 0 Å². The predicted molar refractivity (Wildman–Crippen MR) is 137 cm³/mol. The van der Waals surface area contributed by atoms with Crippen molar-refractivity contribution in [2.24, 2.45) is 0 Å². The highest BCUT2D eigenvalue weighted by atomic mass is 35.5. The highest BCUT2D eigenvalue weighted by Gasteiger charge is 2.24. The van der Waals surface area contributed by atoms with Crippen molar-refractivity contribution in [2.45, 2.75) is 26.2 Å². The van der Waals surface area contributed by atoms with Gasteiger partial charge in [0, 0.05) is 37.4 Å². The number of thiophene rings is 1. The summed E-state index contributed by atoms with van der Waals surface area (Å²) in [6.45, 7) is 9.16. The van der Waals surface area contributed by atoms with Crippen molar-refractivity contribution in [3.05, 3.63) is 81.0 Å². The van der Waals surface area contributed by atoms with Crippen LogP contribution < -0.4 is 10.2 Å². The Hall–Kier alpha value is -2.83. The zero-order valence-electron chi connectivity index (χ0n) is 19.1. The third kappa shape index (κ3) is 5.40. The van der Waals surface area contributed by atoms with Crippen molar-refractivity contribution in [3.63, 3.8) is 0 Å². The fraction of sp³-hybridized carbons (Fsp3) is 0.308. The molecule has 2 amide bonds. The molecule has 172 valence electrons. The molecule has 0 atom stereocenters. The monoisotopic (exact) mass is 481 g/mol. The molecule has 0 unspecified atom stereocenters. The lowest BCUT2D eigenvalue weighted by molar-refractivity contribution is 0.0751. The van der Waals surface area contributed by atoms with E-state index in [4.69, 9.17) is 11.6 Å². The lowest BCUT2D eigenvalue weighted by Crippen LogP contribution is -2.48. The Morgan fingerprint density at radius 2 is 1.67 bits per heavy atom. The van der Waals surface area contributed by atoms with Crippen molar-refractivity contribution in [1.82, 2.24) is 4.90 Å². The molecule has 2 aromatic carbocycles. The fourth-order valence-electron chi connectivity index (χ4n) is 3.87. The zero-order valence-corrected chi connectivity index (χ0v) is 20.7. The van der Waals surface area contributed by atoms with Crippen molar-refractivity contribution < 1.29 is 9.59 Å². The number of carbonyl (C=O) groups is 2. The van der Waals surface area contributed by atoms with Crippen LogP contribution in [0.3, 0.4) is 0 Å². The minimum Gasteiger partial charge on any atom is -0.367 e. The summed E-state index contributed by atoms with van der Waals surface area (Å²) in [6, 6.07) is 17.0. The van der Waals surface area contributed by atoms with E-state index < -0.39 is 0 Å². The molecule has 3 aromatic rings. The number of nitrogens with one attached hydrogen (secondary N) is 1. The second kappa shape index (κ2) is 9.57. The van der Waals surface area contributed by atoms with E-state index in [0.29, 0.717) is 42.5 Å². The first-order valence-electron chi connectivity index (χ1n) is 11.0. The van der Waals surface area contributed by atoms with E-state index in [1.165, 1.54) is 16.9 Å². The Bertz CT molecular complexity index is 1130. The predicted octanol–water partition coefficient (Wildman–Crippen LogP) is 5.91. The first-order chi connectivity index (χ1) is 15.7. The van der Waals surface area contributed by atoms with Crippen LogP contribution in [-0.2, 0) is 5.41 Å². The Labute approximate surface area is 204 Å². The summed E-state index contributed by atoms with van der Waals surface area (Å²) < 4.78 is 0. The second-order valence-electron chi connectivity index (χ2n) is 9.20. The molecule has 7 heteroatoms. The van der Waals surface area contributed by atoms with Gasteiger partial charge in [-0.15, -0.1) is 11.3 Å². The molecule has 33 heavy (non-hydrogen) atoms. The van der Waals surface area contributed by atoms with Gasteiger partial charge in [0.05, 0.1) is 15.6 Å². The molecule has 2 heterocycles. The molecular formula is C26H28ClN3O2S. The van der Waals surface area contributed by atoms with E-state index in [0.717, 1.165) is 10.6 Å². The summed E-state index contributed by atoms with van der Waals surface area (Å²) in [5.74, 6) is -0.0793. The van der Waals surface area contributed by atoms with Gasteiger partial charge in [-0.2, -0.15) is 0 Å². The quantitative estimate of drug-likeness (QED) is 0.503.